The maximum atomic E-state index is 12.8. The van der Waals surface area contributed by atoms with E-state index in [-0.39, 0.29) is 5.91 Å². The molecule has 0 spiro atoms. The lowest BCUT2D eigenvalue weighted by atomic mass is 10.1. The maximum Gasteiger partial charge on any atom is 0.272 e. The van der Waals surface area contributed by atoms with Crippen LogP contribution in [0.1, 0.15) is 40.3 Å². The molecule has 2 aromatic heterocycles. The first-order valence-electron chi connectivity index (χ1n) is 11.3. The number of hydrogen-bond donors (Lipinski definition) is 0. The van der Waals surface area contributed by atoms with Crippen LogP contribution in [0.5, 0.6) is 5.75 Å². The summed E-state index contributed by atoms with van der Waals surface area (Å²) in [6.45, 7) is 6.07. The molecule has 33 heavy (non-hydrogen) atoms. The summed E-state index contributed by atoms with van der Waals surface area (Å²) >= 11 is 0. The predicted molar refractivity (Wildman–Crippen MR) is 130 cm³/mol. The molecule has 0 aliphatic carbocycles. The van der Waals surface area contributed by atoms with E-state index in [1.165, 1.54) is 11.1 Å². The van der Waals surface area contributed by atoms with Crippen LogP contribution >= 0.6 is 0 Å². The van der Waals surface area contributed by atoms with Crippen molar-refractivity contribution >= 4 is 16.9 Å². The number of amides is 1. The molecule has 6 heteroatoms. The Bertz CT molecular complexity index is 1210. The molecule has 4 aromatic rings. The van der Waals surface area contributed by atoms with Crippen LogP contribution in [0, 0.1) is 13.8 Å². The van der Waals surface area contributed by atoms with Crippen LogP contribution in [0.4, 0.5) is 0 Å². The molecule has 4 rings (SSSR count). The molecule has 170 valence electrons. The summed E-state index contributed by atoms with van der Waals surface area (Å²) in [4.78, 5) is 23.4. The summed E-state index contributed by atoms with van der Waals surface area (Å²) in [5.41, 5.74) is 4.79. The largest absolute Gasteiger partial charge is 0.493 e. The number of ether oxygens (including phenoxy) is 1. The van der Waals surface area contributed by atoms with Crippen molar-refractivity contribution in [2.24, 2.45) is 0 Å². The number of hydrogen-bond acceptors (Lipinski definition) is 4. The molecule has 0 aliphatic rings. The van der Waals surface area contributed by atoms with E-state index in [9.17, 15) is 4.79 Å². The monoisotopic (exact) mass is 442 g/mol. The number of aromatic nitrogens is 3. The van der Waals surface area contributed by atoms with Crippen LogP contribution in [0.3, 0.4) is 0 Å². The second-order valence-corrected chi connectivity index (χ2v) is 8.32. The Labute approximate surface area is 194 Å². The minimum Gasteiger partial charge on any atom is -0.493 e. The van der Waals surface area contributed by atoms with Gasteiger partial charge in [0.15, 0.2) is 0 Å². The predicted octanol–water partition coefficient (Wildman–Crippen LogP) is 5.18. The first kappa shape index (κ1) is 22.5. The van der Waals surface area contributed by atoms with E-state index >= 15 is 0 Å². The number of aryl methyl sites for hydroxylation is 3. The quantitative estimate of drug-likeness (QED) is 0.335. The van der Waals surface area contributed by atoms with Crippen molar-refractivity contribution in [1.29, 1.82) is 0 Å². The van der Waals surface area contributed by atoms with Crippen molar-refractivity contribution in [1.82, 2.24) is 19.4 Å². The van der Waals surface area contributed by atoms with E-state index < -0.39 is 0 Å². The zero-order chi connectivity index (χ0) is 23.2. The third-order valence-corrected chi connectivity index (χ3v) is 5.77. The van der Waals surface area contributed by atoms with Gasteiger partial charge in [-0.15, -0.1) is 0 Å². The minimum absolute atomic E-state index is 0.115. The van der Waals surface area contributed by atoms with Gasteiger partial charge in [-0.25, -0.2) is 4.98 Å². The topological polar surface area (TPSA) is 60.2 Å². The highest BCUT2D eigenvalue weighted by molar-refractivity contribution is 5.92. The van der Waals surface area contributed by atoms with E-state index in [2.05, 4.69) is 47.7 Å². The number of pyridine rings is 1. The fourth-order valence-electron chi connectivity index (χ4n) is 4.04. The summed E-state index contributed by atoms with van der Waals surface area (Å²) in [7, 11) is 1.79. The van der Waals surface area contributed by atoms with E-state index in [1.54, 1.807) is 30.3 Å². The molecule has 0 bridgehead atoms. The van der Waals surface area contributed by atoms with E-state index in [0.29, 0.717) is 18.8 Å². The van der Waals surface area contributed by atoms with Gasteiger partial charge in [0.05, 0.1) is 24.2 Å². The summed E-state index contributed by atoms with van der Waals surface area (Å²) in [6, 6.07) is 19.7. The smallest absolute Gasteiger partial charge is 0.272 e. The van der Waals surface area contributed by atoms with Crippen LogP contribution in [-0.2, 0) is 13.1 Å². The number of benzene rings is 2. The zero-order valence-electron chi connectivity index (χ0n) is 19.5. The van der Waals surface area contributed by atoms with Gasteiger partial charge >= 0.3 is 0 Å². The Morgan fingerprint density at radius 3 is 2.48 bits per heavy atom. The van der Waals surface area contributed by atoms with Gasteiger partial charge in [-0.2, -0.15) is 0 Å². The molecule has 2 aromatic carbocycles. The van der Waals surface area contributed by atoms with Crippen molar-refractivity contribution in [3.05, 3.63) is 89.5 Å². The van der Waals surface area contributed by atoms with Gasteiger partial charge in [0.25, 0.3) is 5.91 Å². The van der Waals surface area contributed by atoms with Gasteiger partial charge < -0.3 is 14.2 Å². The van der Waals surface area contributed by atoms with Gasteiger partial charge in [-0.05, 0) is 62.1 Å². The van der Waals surface area contributed by atoms with Crippen molar-refractivity contribution in [2.45, 2.75) is 39.8 Å². The third kappa shape index (κ3) is 5.22. The highest BCUT2D eigenvalue weighted by Gasteiger charge is 2.17. The number of carbonyl (C=O) groups excluding carboxylic acids is 1. The lowest BCUT2D eigenvalue weighted by molar-refractivity contribution is 0.0774. The summed E-state index contributed by atoms with van der Waals surface area (Å²) in [6.07, 6.45) is 3.52. The molecular formula is C27H30N4O2. The normalized spacial score (nSPS) is 11.0. The van der Waals surface area contributed by atoms with Gasteiger partial charge in [0.2, 0.25) is 0 Å². The Morgan fingerprint density at radius 1 is 0.970 bits per heavy atom. The second-order valence-electron chi connectivity index (χ2n) is 8.32. The first-order valence-corrected chi connectivity index (χ1v) is 11.3. The number of rotatable bonds is 9. The van der Waals surface area contributed by atoms with Gasteiger partial charge in [-0.1, -0.05) is 36.4 Å². The fraction of sp³-hybridized carbons (Fsp3) is 0.296. The Kier molecular flexibility index (Phi) is 7.03. The van der Waals surface area contributed by atoms with Crippen LogP contribution in [0.2, 0.25) is 0 Å². The second kappa shape index (κ2) is 10.3. The number of imidazole rings is 1. The van der Waals surface area contributed by atoms with E-state index in [4.69, 9.17) is 9.72 Å². The summed E-state index contributed by atoms with van der Waals surface area (Å²) < 4.78 is 8.28. The highest BCUT2D eigenvalue weighted by atomic mass is 16.5. The molecular weight excluding hydrogens is 412 g/mol. The number of fused-ring (bicyclic) bond motifs is 1. The average molecular weight is 443 g/mol. The Balaban J connectivity index is 1.42. The molecule has 0 unspecified atom stereocenters. The third-order valence-electron chi connectivity index (χ3n) is 5.77. The zero-order valence-corrected chi connectivity index (χ0v) is 19.5. The first-order chi connectivity index (χ1) is 16.0. The molecule has 1 amide bonds. The molecule has 0 fully saturated rings. The highest BCUT2D eigenvalue weighted by Crippen LogP contribution is 2.23. The molecule has 0 aliphatic heterocycles. The standard InChI is InChI=1S/C27H30N4O2/c1-20-11-10-12-21(2)26(20)33-18-9-8-17-31-24-15-5-4-13-22(24)29-25(31)19-30(3)27(32)23-14-6-7-16-28-23/h4-7,10-16H,8-9,17-19H2,1-3H3. The number of carbonyl (C=O) groups is 1. The van der Waals surface area contributed by atoms with Crippen LogP contribution in [-0.4, -0.2) is 39.0 Å². The van der Waals surface area contributed by atoms with Crippen molar-refractivity contribution in [3.8, 4) is 5.75 Å². The minimum atomic E-state index is -0.115. The lowest BCUT2D eigenvalue weighted by Crippen LogP contribution is -2.28. The summed E-state index contributed by atoms with van der Waals surface area (Å²) in [5, 5.41) is 0. The molecule has 2 heterocycles. The fourth-order valence-corrected chi connectivity index (χ4v) is 4.04. The number of unbranched alkanes of at least 4 members (excludes halogenated alkanes) is 1. The van der Waals surface area contributed by atoms with Crippen molar-refractivity contribution in [2.75, 3.05) is 13.7 Å². The van der Waals surface area contributed by atoms with E-state index in [0.717, 1.165) is 42.0 Å². The Hall–Kier alpha value is -3.67. The molecule has 0 saturated heterocycles. The summed E-state index contributed by atoms with van der Waals surface area (Å²) in [5.74, 6) is 1.75. The average Bonchev–Trinajstić information content (AvgIpc) is 3.17. The van der Waals surface area contributed by atoms with E-state index in [1.807, 2.05) is 24.3 Å². The molecule has 0 N–H and O–H groups in total. The molecule has 6 nitrogen and oxygen atoms in total. The molecule has 0 saturated carbocycles. The SMILES string of the molecule is Cc1cccc(C)c1OCCCCn1c(CN(C)C(=O)c2ccccn2)nc2ccccc21. The molecule has 0 radical (unpaired) electrons. The number of nitrogens with zero attached hydrogens (tertiary/aromatic N) is 4. The van der Waals surface area contributed by atoms with Gasteiger partial charge in [-0.3, -0.25) is 9.78 Å². The van der Waals surface area contributed by atoms with Crippen molar-refractivity contribution in [3.63, 3.8) is 0 Å². The Morgan fingerprint density at radius 2 is 1.73 bits per heavy atom. The number of para-hydroxylation sites is 3. The van der Waals surface area contributed by atoms with Crippen molar-refractivity contribution < 1.29 is 9.53 Å². The molecule has 0 atom stereocenters. The van der Waals surface area contributed by atoms with Crippen LogP contribution < -0.4 is 4.74 Å². The maximum absolute atomic E-state index is 12.8. The lowest BCUT2D eigenvalue weighted by Gasteiger charge is -2.18. The van der Waals surface area contributed by atoms with Gasteiger partial charge in [0, 0.05) is 19.8 Å². The van der Waals surface area contributed by atoms with Crippen LogP contribution in [0.15, 0.2) is 66.9 Å². The van der Waals surface area contributed by atoms with Crippen LogP contribution in [0.25, 0.3) is 11.0 Å². The van der Waals surface area contributed by atoms with Gasteiger partial charge in [0.1, 0.15) is 17.3 Å².